The summed E-state index contributed by atoms with van der Waals surface area (Å²) in [6, 6.07) is 7.55. The van der Waals surface area contributed by atoms with Crippen LogP contribution in [0.3, 0.4) is 0 Å². The van der Waals surface area contributed by atoms with E-state index in [1.807, 2.05) is 31.2 Å². The van der Waals surface area contributed by atoms with Gasteiger partial charge in [0.05, 0.1) is 4.92 Å². The second kappa shape index (κ2) is 4.89. The number of hydrogen-bond donors (Lipinski definition) is 1. The maximum Gasteiger partial charge on any atom is 0.353 e. The summed E-state index contributed by atoms with van der Waals surface area (Å²) in [6.07, 6.45) is 1.21. The minimum absolute atomic E-state index is 0.144. The quantitative estimate of drug-likeness (QED) is 0.669. The highest BCUT2D eigenvalue weighted by Gasteiger charge is 2.24. The highest BCUT2D eigenvalue weighted by atomic mass is 16.6. The minimum atomic E-state index is -0.574. The van der Waals surface area contributed by atoms with Crippen LogP contribution in [0.4, 0.5) is 23.0 Å². The van der Waals surface area contributed by atoms with Crippen LogP contribution in [0.5, 0.6) is 0 Å². The molecule has 2 aromatic rings. The number of aromatic nitrogens is 2. The van der Waals surface area contributed by atoms with Crippen LogP contribution in [0.25, 0.3) is 0 Å². The Labute approximate surface area is 109 Å². The molecule has 7 nitrogen and oxygen atoms in total. The lowest BCUT2D eigenvalue weighted by molar-refractivity contribution is -0.383. The molecule has 0 radical (unpaired) electrons. The highest BCUT2D eigenvalue weighted by Crippen LogP contribution is 2.33. The number of benzene rings is 1. The van der Waals surface area contributed by atoms with Crippen molar-refractivity contribution in [3.8, 4) is 0 Å². The molecule has 0 fully saturated rings. The van der Waals surface area contributed by atoms with Crippen LogP contribution in [-0.2, 0) is 0 Å². The summed E-state index contributed by atoms with van der Waals surface area (Å²) in [5, 5.41) is 11.1. The van der Waals surface area contributed by atoms with Gasteiger partial charge in [-0.1, -0.05) is 17.7 Å². The molecular weight excluding hydrogens is 246 g/mol. The summed E-state index contributed by atoms with van der Waals surface area (Å²) < 4.78 is 0. The van der Waals surface area contributed by atoms with Gasteiger partial charge in [0.15, 0.2) is 0 Å². The number of nitro groups is 1. The van der Waals surface area contributed by atoms with Crippen LogP contribution in [0.15, 0.2) is 30.6 Å². The number of nitrogens with two attached hydrogens (primary N) is 1. The lowest BCUT2D eigenvalue weighted by Gasteiger charge is -2.18. The Balaban J connectivity index is 2.49. The van der Waals surface area contributed by atoms with Crippen molar-refractivity contribution < 1.29 is 4.92 Å². The van der Waals surface area contributed by atoms with Crippen molar-refractivity contribution in [2.75, 3.05) is 17.7 Å². The Kier molecular flexibility index (Phi) is 3.28. The summed E-state index contributed by atoms with van der Waals surface area (Å²) >= 11 is 0. The molecule has 0 unspecified atom stereocenters. The Morgan fingerprint density at radius 3 is 2.47 bits per heavy atom. The Morgan fingerprint density at radius 2 is 1.89 bits per heavy atom. The third kappa shape index (κ3) is 2.44. The van der Waals surface area contributed by atoms with Crippen molar-refractivity contribution in [3.63, 3.8) is 0 Å². The standard InChI is InChI=1S/C12H13N5O2/c1-8-3-5-9(6-4-8)16(2)12-10(17(18)19)11(13)14-7-15-12/h3-7H,1-2H3,(H2,13,14,15). The number of anilines is 3. The number of nitrogens with zero attached hydrogens (tertiary/aromatic N) is 4. The minimum Gasteiger partial charge on any atom is -0.378 e. The van der Waals surface area contributed by atoms with Crippen molar-refractivity contribution in [3.05, 3.63) is 46.3 Å². The van der Waals surface area contributed by atoms with E-state index in [9.17, 15) is 10.1 Å². The predicted octanol–water partition coefficient (Wildman–Crippen LogP) is 2.04. The molecule has 2 N–H and O–H groups in total. The second-order valence-corrected chi connectivity index (χ2v) is 4.08. The Morgan fingerprint density at radius 1 is 1.26 bits per heavy atom. The molecule has 0 aliphatic rings. The predicted molar refractivity (Wildman–Crippen MR) is 72.3 cm³/mol. The monoisotopic (exact) mass is 259 g/mol. The van der Waals surface area contributed by atoms with Gasteiger partial charge in [0.1, 0.15) is 6.33 Å². The first kappa shape index (κ1) is 12.7. The van der Waals surface area contributed by atoms with Crippen LogP contribution < -0.4 is 10.6 Å². The third-order valence-electron chi connectivity index (χ3n) is 2.75. The first-order chi connectivity index (χ1) is 9.00. The lowest BCUT2D eigenvalue weighted by Crippen LogP contribution is -2.15. The van der Waals surface area contributed by atoms with Gasteiger partial charge in [-0.25, -0.2) is 9.97 Å². The molecular formula is C12H13N5O2. The van der Waals surface area contributed by atoms with Crippen molar-refractivity contribution in [2.24, 2.45) is 0 Å². The van der Waals surface area contributed by atoms with E-state index in [2.05, 4.69) is 9.97 Å². The Hall–Kier alpha value is -2.70. The molecule has 2 rings (SSSR count). The molecule has 0 saturated carbocycles. The summed E-state index contributed by atoms with van der Waals surface area (Å²) in [5.41, 5.74) is 7.15. The molecule has 98 valence electrons. The maximum absolute atomic E-state index is 11.1. The molecule has 1 aromatic carbocycles. The van der Waals surface area contributed by atoms with Gasteiger partial charge >= 0.3 is 5.69 Å². The summed E-state index contributed by atoms with van der Waals surface area (Å²) in [4.78, 5) is 19.7. The van der Waals surface area contributed by atoms with Gasteiger partial charge in [0, 0.05) is 12.7 Å². The van der Waals surface area contributed by atoms with Gasteiger partial charge < -0.3 is 10.6 Å². The first-order valence-electron chi connectivity index (χ1n) is 5.56. The van der Waals surface area contributed by atoms with Crippen LogP contribution in [0.2, 0.25) is 0 Å². The van der Waals surface area contributed by atoms with E-state index in [0.717, 1.165) is 11.3 Å². The average molecular weight is 259 g/mol. The normalized spacial score (nSPS) is 10.2. The molecule has 0 bridgehead atoms. The number of aryl methyl sites for hydroxylation is 1. The zero-order valence-corrected chi connectivity index (χ0v) is 10.6. The van der Waals surface area contributed by atoms with E-state index in [4.69, 9.17) is 5.73 Å². The number of rotatable bonds is 3. The van der Waals surface area contributed by atoms with E-state index < -0.39 is 4.92 Å². The van der Waals surface area contributed by atoms with Crippen LogP contribution in [-0.4, -0.2) is 21.9 Å². The molecule has 0 spiro atoms. The summed E-state index contributed by atoms with van der Waals surface area (Å²) in [6.45, 7) is 1.97. The molecule has 0 atom stereocenters. The van der Waals surface area contributed by atoms with Crippen molar-refractivity contribution in [2.45, 2.75) is 6.92 Å². The van der Waals surface area contributed by atoms with Crippen LogP contribution in [0, 0.1) is 17.0 Å². The molecule has 0 amide bonds. The molecule has 19 heavy (non-hydrogen) atoms. The summed E-state index contributed by atoms with van der Waals surface area (Å²) in [5.74, 6) is 0.0234. The van der Waals surface area contributed by atoms with Gasteiger partial charge in [-0.3, -0.25) is 10.1 Å². The van der Waals surface area contributed by atoms with Crippen LogP contribution in [0.1, 0.15) is 5.56 Å². The fourth-order valence-electron chi connectivity index (χ4n) is 1.69. The second-order valence-electron chi connectivity index (χ2n) is 4.08. The van der Waals surface area contributed by atoms with E-state index in [1.165, 1.54) is 6.33 Å². The van der Waals surface area contributed by atoms with Crippen molar-refractivity contribution in [1.29, 1.82) is 0 Å². The summed E-state index contributed by atoms with van der Waals surface area (Å²) in [7, 11) is 1.69. The van der Waals surface area contributed by atoms with E-state index >= 15 is 0 Å². The van der Waals surface area contributed by atoms with Gasteiger partial charge in [0.25, 0.3) is 0 Å². The van der Waals surface area contributed by atoms with Gasteiger partial charge in [-0.2, -0.15) is 0 Å². The number of nitrogen functional groups attached to an aromatic ring is 1. The van der Waals surface area contributed by atoms with Crippen LogP contribution >= 0.6 is 0 Å². The van der Waals surface area contributed by atoms with E-state index in [1.54, 1.807) is 11.9 Å². The lowest BCUT2D eigenvalue weighted by atomic mass is 10.2. The molecule has 0 saturated heterocycles. The molecule has 7 heteroatoms. The van der Waals surface area contributed by atoms with Crippen molar-refractivity contribution >= 4 is 23.0 Å². The average Bonchev–Trinajstić information content (AvgIpc) is 2.38. The SMILES string of the molecule is Cc1ccc(N(C)c2ncnc(N)c2[N+](=O)[O-])cc1. The van der Waals surface area contributed by atoms with Gasteiger partial charge in [-0.05, 0) is 19.1 Å². The highest BCUT2D eigenvalue weighted by molar-refractivity contribution is 5.73. The Bertz CT molecular complexity index is 612. The van der Waals surface area contributed by atoms with Gasteiger partial charge in [0.2, 0.25) is 11.6 Å². The maximum atomic E-state index is 11.1. The third-order valence-corrected chi connectivity index (χ3v) is 2.75. The van der Waals surface area contributed by atoms with Gasteiger partial charge in [-0.15, -0.1) is 0 Å². The molecule has 0 aliphatic heterocycles. The molecule has 1 heterocycles. The molecule has 0 aliphatic carbocycles. The zero-order valence-electron chi connectivity index (χ0n) is 10.6. The van der Waals surface area contributed by atoms with E-state index in [0.29, 0.717) is 0 Å². The fraction of sp³-hybridized carbons (Fsp3) is 0.167. The largest absolute Gasteiger partial charge is 0.378 e. The van der Waals surface area contributed by atoms with Crippen molar-refractivity contribution in [1.82, 2.24) is 9.97 Å². The fourth-order valence-corrected chi connectivity index (χ4v) is 1.69. The molecule has 1 aromatic heterocycles. The zero-order chi connectivity index (χ0) is 14.0. The first-order valence-corrected chi connectivity index (χ1v) is 5.56. The smallest absolute Gasteiger partial charge is 0.353 e. The van der Waals surface area contributed by atoms with E-state index in [-0.39, 0.29) is 17.3 Å². The topological polar surface area (TPSA) is 98.2 Å². The number of hydrogen-bond acceptors (Lipinski definition) is 6.